The molecule has 2 atom stereocenters. The van der Waals surface area contributed by atoms with Gasteiger partial charge in [-0.25, -0.2) is 4.39 Å². The molecule has 0 spiro atoms. The molecule has 1 saturated heterocycles. The Morgan fingerprint density at radius 3 is 2.80 bits per heavy atom. The van der Waals surface area contributed by atoms with Gasteiger partial charge in [-0.1, -0.05) is 30.3 Å². The second kappa shape index (κ2) is 4.58. The molecule has 0 radical (unpaired) electrons. The van der Waals surface area contributed by atoms with Crippen LogP contribution in [0, 0.1) is 0 Å². The van der Waals surface area contributed by atoms with Crippen LogP contribution in [0.15, 0.2) is 42.2 Å². The van der Waals surface area contributed by atoms with Crippen molar-refractivity contribution in [1.29, 1.82) is 0 Å². The van der Waals surface area contributed by atoms with E-state index in [1.54, 1.807) is 6.92 Å². The summed E-state index contributed by atoms with van der Waals surface area (Å²) in [7, 11) is 0. The van der Waals surface area contributed by atoms with Crippen molar-refractivity contribution >= 4 is 0 Å². The molecule has 0 unspecified atom stereocenters. The minimum absolute atomic E-state index is 0.0266. The fraction of sp³-hybridized carbons (Fsp3) is 0.385. The Labute approximate surface area is 89.6 Å². The van der Waals surface area contributed by atoms with E-state index in [1.807, 2.05) is 18.2 Å². The third-order valence-electron chi connectivity index (χ3n) is 2.76. The summed E-state index contributed by atoms with van der Waals surface area (Å²) in [5, 5.41) is 0. The van der Waals surface area contributed by atoms with Gasteiger partial charge in [-0.05, 0) is 30.9 Å². The first-order valence-electron chi connectivity index (χ1n) is 5.27. The lowest BCUT2D eigenvalue weighted by molar-refractivity contribution is 0.374. The Hall–Kier alpha value is -1.15. The minimum atomic E-state index is 0.0266. The number of ether oxygens (including phenoxy) is 1. The molecule has 0 saturated carbocycles. The average Bonchev–Trinajstić information content (AvgIpc) is 3.06. The van der Waals surface area contributed by atoms with Crippen molar-refractivity contribution in [3.05, 3.63) is 47.8 Å². The number of hydrogen-bond acceptors (Lipinski definition) is 1. The third kappa shape index (κ3) is 2.66. The summed E-state index contributed by atoms with van der Waals surface area (Å²) in [4.78, 5) is 0. The molecular formula is C13H15FO. The molecule has 1 aliphatic rings. The van der Waals surface area contributed by atoms with Gasteiger partial charge in [-0.2, -0.15) is 0 Å². The van der Waals surface area contributed by atoms with Crippen LogP contribution in [0.4, 0.5) is 4.39 Å². The molecule has 0 aromatic heterocycles. The highest BCUT2D eigenvalue weighted by molar-refractivity contribution is 5.17. The zero-order chi connectivity index (χ0) is 10.7. The second-order valence-corrected chi connectivity index (χ2v) is 3.97. The normalized spacial score (nSPS) is 25.3. The van der Waals surface area contributed by atoms with E-state index in [0.717, 1.165) is 12.8 Å². The molecule has 1 nitrogen and oxygen atoms in total. The van der Waals surface area contributed by atoms with Crippen molar-refractivity contribution in [2.45, 2.75) is 32.0 Å². The molecule has 80 valence electrons. The Morgan fingerprint density at radius 2 is 2.13 bits per heavy atom. The van der Waals surface area contributed by atoms with Gasteiger partial charge in [0.2, 0.25) is 0 Å². The maximum atomic E-state index is 12.2. The summed E-state index contributed by atoms with van der Waals surface area (Å²) in [5.41, 5.74) is 2.02. The van der Waals surface area contributed by atoms with Gasteiger partial charge < -0.3 is 4.74 Å². The molecule has 0 bridgehead atoms. The van der Waals surface area contributed by atoms with E-state index in [4.69, 9.17) is 4.74 Å². The second-order valence-electron chi connectivity index (χ2n) is 3.97. The summed E-state index contributed by atoms with van der Waals surface area (Å²) in [5.74, 6) is 0. The highest BCUT2D eigenvalue weighted by Gasteiger charge is 2.39. The molecule has 0 aliphatic carbocycles. The van der Waals surface area contributed by atoms with E-state index in [9.17, 15) is 4.39 Å². The Kier molecular flexibility index (Phi) is 3.17. The first kappa shape index (κ1) is 10.4. The first-order valence-corrected chi connectivity index (χ1v) is 5.27. The van der Waals surface area contributed by atoms with Crippen LogP contribution < -0.4 is 0 Å². The number of hydrogen-bond donors (Lipinski definition) is 0. The van der Waals surface area contributed by atoms with E-state index in [2.05, 4.69) is 12.1 Å². The Bertz CT molecular complexity index is 345. The van der Waals surface area contributed by atoms with Crippen molar-refractivity contribution in [3.63, 3.8) is 0 Å². The van der Waals surface area contributed by atoms with Crippen LogP contribution in [0.2, 0.25) is 0 Å². The smallest absolute Gasteiger partial charge is 0.107 e. The number of rotatable bonds is 4. The molecule has 1 heterocycles. The van der Waals surface area contributed by atoms with Gasteiger partial charge >= 0.3 is 0 Å². The quantitative estimate of drug-likeness (QED) is 0.689. The standard InChI is InChI=1S/C13H15FO/c1-10(9-14)13-12(15-13)8-7-11-5-3-2-4-6-11/h2-6,9,12-13H,7-8H2,1H3/b10-9+/t12-,13-/m1/s1. The number of benzene rings is 1. The third-order valence-corrected chi connectivity index (χ3v) is 2.76. The van der Waals surface area contributed by atoms with E-state index in [-0.39, 0.29) is 12.2 Å². The van der Waals surface area contributed by atoms with Crippen LogP contribution in [-0.2, 0) is 11.2 Å². The van der Waals surface area contributed by atoms with Crippen molar-refractivity contribution in [1.82, 2.24) is 0 Å². The fourth-order valence-corrected chi connectivity index (χ4v) is 1.78. The van der Waals surface area contributed by atoms with E-state index in [1.165, 1.54) is 5.56 Å². The van der Waals surface area contributed by atoms with Crippen LogP contribution in [0.25, 0.3) is 0 Å². The maximum Gasteiger partial charge on any atom is 0.107 e. The van der Waals surface area contributed by atoms with Gasteiger partial charge in [0.05, 0.1) is 12.4 Å². The van der Waals surface area contributed by atoms with Crippen molar-refractivity contribution in [2.75, 3.05) is 0 Å². The molecule has 15 heavy (non-hydrogen) atoms. The molecule has 0 amide bonds. The molecule has 2 heteroatoms. The lowest BCUT2D eigenvalue weighted by atomic mass is 10.1. The monoisotopic (exact) mass is 206 g/mol. The highest BCUT2D eigenvalue weighted by atomic mass is 19.1. The van der Waals surface area contributed by atoms with Gasteiger partial charge in [0.1, 0.15) is 6.10 Å². The summed E-state index contributed by atoms with van der Waals surface area (Å²) < 4.78 is 17.6. The minimum Gasteiger partial charge on any atom is -0.365 e. The van der Waals surface area contributed by atoms with Crippen molar-refractivity contribution in [2.24, 2.45) is 0 Å². The van der Waals surface area contributed by atoms with Crippen LogP contribution in [-0.4, -0.2) is 12.2 Å². The predicted molar refractivity (Wildman–Crippen MR) is 58.3 cm³/mol. The van der Waals surface area contributed by atoms with Crippen LogP contribution >= 0.6 is 0 Å². The molecule has 2 rings (SSSR count). The molecular weight excluding hydrogens is 191 g/mol. The Morgan fingerprint density at radius 1 is 1.40 bits per heavy atom. The number of aryl methyl sites for hydroxylation is 1. The van der Waals surface area contributed by atoms with E-state index in [0.29, 0.717) is 11.9 Å². The highest BCUT2D eigenvalue weighted by Crippen LogP contribution is 2.32. The lowest BCUT2D eigenvalue weighted by Crippen LogP contribution is -1.97. The topological polar surface area (TPSA) is 12.5 Å². The first-order chi connectivity index (χ1) is 7.31. The average molecular weight is 206 g/mol. The SMILES string of the molecule is C/C(=C\F)[C@H]1O[C@@H]1CCc1ccccc1. The molecule has 1 aromatic rings. The van der Waals surface area contributed by atoms with Gasteiger partial charge in [-0.15, -0.1) is 0 Å². The molecule has 1 fully saturated rings. The van der Waals surface area contributed by atoms with Gasteiger partial charge in [0.15, 0.2) is 0 Å². The number of epoxide rings is 1. The van der Waals surface area contributed by atoms with Crippen LogP contribution in [0.5, 0.6) is 0 Å². The maximum absolute atomic E-state index is 12.2. The van der Waals surface area contributed by atoms with Crippen molar-refractivity contribution in [3.8, 4) is 0 Å². The van der Waals surface area contributed by atoms with Crippen LogP contribution in [0.1, 0.15) is 18.9 Å². The summed E-state index contributed by atoms with van der Waals surface area (Å²) in [6.07, 6.45) is 2.87. The Balaban J connectivity index is 1.78. The fourth-order valence-electron chi connectivity index (χ4n) is 1.78. The summed E-state index contributed by atoms with van der Waals surface area (Å²) >= 11 is 0. The van der Waals surface area contributed by atoms with Gasteiger partial charge in [0, 0.05) is 0 Å². The summed E-state index contributed by atoms with van der Waals surface area (Å²) in [6.45, 7) is 1.77. The molecule has 1 aromatic carbocycles. The largest absolute Gasteiger partial charge is 0.365 e. The predicted octanol–water partition coefficient (Wildman–Crippen LogP) is 3.26. The van der Waals surface area contributed by atoms with Crippen molar-refractivity contribution < 1.29 is 9.13 Å². The van der Waals surface area contributed by atoms with E-state index < -0.39 is 0 Å². The zero-order valence-electron chi connectivity index (χ0n) is 8.82. The van der Waals surface area contributed by atoms with E-state index >= 15 is 0 Å². The molecule has 0 N–H and O–H groups in total. The summed E-state index contributed by atoms with van der Waals surface area (Å²) in [6, 6.07) is 10.3. The zero-order valence-corrected chi connectivity index (χ0v) is 8.82. The van der Waals surface area contributed by atoms with Gasteiger partial charge in [-0.3, -0.25) is 0 Å². The molecule has 1 aliphatic heterocycles. The van der Waals surface area contributed by atoms with Gasteiger partial charge in [0.25, 0.3) is 0 Å². The number of halogens is 1. The van der Waals surface area contributed by atoms with Crippen LogP contribution in [0.3, 0.4) is 0 Å². The lowest BCUT2D eigenvalue weighted by Gasteiger charge is -1.97.